The van der Waals surface area contributed by atoms with Crippen molar-refractivity contribution in [2.75, 3.05) is 7.11 Å². The van der Waals surface area contributed by atoms with E-state index in [9.17, 15) is 4.79 Å². The summed E-state index contributed by atoms with van der Waals surface area (Å²) in [6, 6.07) is 0. The molecule has 0 radical (unpaired) electrons. The molecule has 0 fully saturated rings. The summed E-state index contributed by atoms with van der Waals surface area (Å²) >= 11 is 5.35. The molecule has 0 saturated carbocycles. The molecule has 0 amide bonds. The van der Waals surface area contributed by atoms with E-state index >= 15 is 0 Å². The third kappa shape index (κ3) is 1.75. The minimum absolute atomic E-state index is 0.125. The smallest absolute Gasteiger partial charge is 0.273 e. The molecule has 0 aliphatic heterocycles. The number of hydrogen-bond donors (Lipinski definition) is 2. The summed E-state index contributed by atoms with van der Waals surface area (Å²) in [6.45, 7) is 0.125. The van der Waals surface area contributed by atoms with Crippen molar-refractivity contribution in [3.05, 3.63) is 21.2 Å². The largest absolute Gasteiger partial charge is 0.492 e. The molecule has 5 nitrogen and oxygen atoms in total. The van der Waals surface area contributed by atoms with Crippen LogP contribution in [0.25, 0.3) is 0 Å². The number of halogens is 1. The standard InChI is InChI=1S/C6H7ClN2O3/c1-12-2-3-8-5(10)4(7)6(11)9-3/h2H2,1H3,(H2,8,9,10,11). The van der Waals surface area contributed by atoms with Crippen molar-refractivity contribution >= 4 is 11.6 Å². The van der Waals surface area contributed by atoms with E-state index in [1.54, 1.807) is 0 Å². The molecule has 0 atom stereocenters. The number of nitrogens with zero attached hydrogens (tertiary/aromatic N) is 1. The second kappa shape index (κ2) is 3.55. The number of rotatable bonds is 2. The van der Waals surface area contributed by atoms with Gasteiger partial charge in [0.15, 0.2) is 5.02 Å². The lowest BCUT2D eigenvalue weighted by molar-refractivity contribution is 0.176. The maximum atomic E-state index is 10.9. The fourth-order valence-electron chi connectivity index (χ4n) is 0.697. The van der Waals surface area contributed by atoms with Crippen molar-refractivity contribution in [1.29, 1.82) is 0 Å². The highest BCUT2D eigenvalue weighted by molar-refractivity contribution is 6.31. The zero-order valence-electron chi connectivity index (χ0n) is 6.30. The van der Waals surface area contributed by atoms with Crippen LogP contribution in [0.4, 0.5) is 0 Å². The molecule has 1 heterocycles. The van der Waals surface area contributed by atoms with Gasteiger partial charge in [0.05, 0.1) is 0 Å². The molecule has 1 rings (SSSR count). The number of ether oxygens (including phenoxy) is 1. The van der Waals surface area contributed by atoms with E-state index in [2.05, 4.69) is 9.97 Å². The lowest BCUT2D eigenvalue weighted by atomic mass is 10.5. The fourth-order valence-corrected chi connectivity index (χ4v) is 0.787. The van der Waals surface area contributed by atoms with Crippen LogP contribution in [0.1, 0.15) is 5.82 Å². The van der Waals surface area contributed by atoms with Gasteiger partial charge in [0.2, 0.25) is 5.88 Å². The Morgan fingerprint density at radius 1 is 1.75 bits per heavy atom. The molecule has 0 saturated heterocycles. The Balaban J connectivity index is 3.13. The summed E-state index contributed by atoms with van der Waals surface area (Å²) in [7, 11) is 1.45. The molecule has 0 aromatic carbocycles. The average molecular weight is 191 g/mol. The number of hydrogen-bond acceptors (Lipinski definition) is 4. The normalized spacial score (nSPS) is 10.2. The van der Waals surface area contributed by atoms with Crippen LogP contribution in [-0.2, 0) is 11.3 Å². The molecule has 0 aliphatic carbocycles. The van der Waals surface area contributed by atoms with Gasteiger partial charge in [-0.25, -0.2) is 0 Å². The van der Waals surface area contributed by atoms with Crippen molar-refractivity contribution < 1.29 is 9.84 Å². The highest BCUT2D eigenvalue weighted by Gasteiger charge is 2.06. The summed E-state index contributed by atoms with van der Waals surface area (Å²) in [5.74, 6) is -0.239. The summed E-state index contributed by atoms with van der Waals surface area (Å²) < 4.78 is 4.69. The van der Waals surface area contributed by atoms with E-state index in [0.717, 1.165) is 0 Å². The lowest BCUT2D eigenvalue weighted by Crippen LogP contribution is -2.12. The van der Waals surface area contributed by atoms with Gasteiger partial charge in [0, 0.05) is 7.11 Å². The van der Waals surface area contributed by atoms with Crippen LogP contribution >= 0.6 is 11.6 Å². The zero-order valence-corrected chi connectivity index (χ0v) is 7.05. The predicted molar refractivity (Wildman–Crippen MR) is 42.2 cm³/mol. The molecule has 1 aromatic rings. The molecule has 66 valence electrons. The van der Waals surface area contributed by atoms with Gasteiger partial charge in [0.25, 0.3) is 5.56 Å². The van der Waals surface area contributed by atoms with Gasteiger partial charge in [0.1, 0.15) is 12.4 Å². The topological polar surface area (TPSA) is 75.2 Å². The van der Waals surface area contributed by atoms with Crippen molar-refractivity contribution in [3.8, 4) is 5.88 Å². The Morgan fingerprint density at radius 2 is 2.42 bits per heavy atom. The first kappa shape index (κ1) is 9.02. The first-order valence-electron chi connectivity index (χ1n) is 3.11. The number of methoxy groups -OCH3 is 1. The van der Waals surface area contributed by atoms with Crippen molar-refractivity contribution in [2.45, 2.75) is 6.61 Å². The van der Waals surface area contributed by atoms with E-state index in [4.69, 9.17) is 21.4 Å². The zero-order chi connectivity index (χ0) is 9.14. The third-order valence-electron chi connectivity index (χ3n) is 1.18. The minimum Gasteiger partial charge on any atom is -0.492 e. The molecule has 2 N–H and O–H groups in total. The van der Waals surface area contributed by atoms with E-state index in [-0.39, 0.29) is 17.5 Å². The molecule has 0 aliphatic rings. The highest BCUT2D eigenvalue weighted by Crippen LogP contribution is 2.13. The lowest BCUT2D eigenvalue weighted by Gasteiger charge is -1.99. The Bertz CT molecular complexity index is 336. The van der Waals surface area contributed by atoms with E-state index < -0.39 is 11.4 Å². The number of nitrogens with one attached hydrogen (secondary N) is 1. The molecule has 1 aromatic heterocycles. The van der Waals surface area contributed by atoms with Crippen LogP contribution in [-0.4, -0.2) is 22.2 Å². The summed E-state index contributed by atoms with van der Waals surface area (Å²) in [5, 5.41) is 8.68. The minimum atomic E-state index is -0.573. The van der Waals surface area contributed by atoms with Gasteiger partial charge in [-0.1, -0.05) is 11.6 Å². The van der Waals surface area contributed by atoms with Crippen LogP contribution in [0, 0.1) is 0 Å². The second-order valence-corrected chi connectivity index (χ2v) is 2.46. The molecular formula is C6H7ClN2O3. The van der Waals surface area contributed by atoms with Crippen molar-refractivity contribution in [2.24, 2.45) is 0 Å². The van der Waals surface area contributed by atoms with E-state index in [0.29, 0.717) is 0 Å². The number of aromatic hydroxyl groups is 1. The van der Waals surface area contributed by atoms with Gasteiger partial charge >= 0.3 is 0 Å². The molecule has 0 unspecified atom stereocenters. The van der Waals surface area contributed by atoms with Crippen molar-refractivity contribution in [1.82, 2.24) is 9.97 Å². The van der Waals surface area contributed by atoms with Gasteiger partial charge in [-0.2, -0.15) is 4.98 Å². The van der Waals surface area contributed by atoms with Gasteiger partial charge < -0.3 is 14.8 Å². The second-order valence-electron chi connectivity index (χ2n) is 2.08. The van der Waals surface area contributed by atoms with Crippen LogP contribution in [0.5, 0.6) is 5.88 Å². The van der Waals surface area contributed by atoms with Crippen LogP contribution in [0.2, 0.25) is 5.02 Å². The first-order chi connectivity index (χ1) is 5.65. The van der Waals surface area contributed by atoms with Crippen LogP contribution < -0.4 is 5.56 Å². The third-order valence-corrected chi connectivity index (χ3v) is 1.52. The van der Waals surface area contributed by atoms with E-state index in [1.807, 2.05) is 0 Å². The van der Waals surface area contributed by atoms with Crippen molar-refractivity contribution in [3.63, 3.8) is 0 Å². The van der Waals surface area contributed by atoms with E-state index in [1.165, 1.54) is 7.11 Å². The maximum absolute atomic E-state index is 10.9. The number of H-pyrrole nitrogens is 1. The van der Waals surface area contributed by atoms with Gasteiger partial charge in [-0.15, -0.1) is 0 Å². The Labute approximate surface area is 73.0 Å². The first-order valence-corrected chi connectivity index (χ1v) is 3.49. The number of aromatic amines is 1. The maximum Gasteiger partial charge on any atom is 0.273 e. The monoisotopic (exact) mass is 190 g/mol. The molecular weight excluding hydrogens is 184 g/mol. The van der Waals surface area contributed by atoms with Crippen LogP contribution in [0.3, 0.4) is 0 Å². The van der Waals surface area contributed by atoms with Crippen LogP contribution in [0.15, 0.2) is 4.79 Å². The SMILES string of the molecule is COCc1nc(O)c(Cl)c(=O)[nH]1. The summed E-state index contributed by atoms with van der Waals surface area (Å²) in [4.78, 5) is 16.8. The molecule has 0 bridgehead atoms. The molecule has 6 heteroatoms. The predicted octanol–water partition coefficient (Wildman–Crippen LogP) is 0.275. The Kier molecular flexibility index (Phi) is 2.67. The quantitative estimate of drug-likeness (QED) is 0.702. The fraction of sp³-hybridized carbons (Fsp3) is 0.333. The van der Waals surface area contributed by atoms with Gasteiger partial charge in [-0.3, -0.25) is 4.79 Å². The summed E-state index contributed by atoms with van der Waals surface area (Å²) in [5.41, 5.74) is -0.573. The van der Waals surface area contributed by atoms with Gasteiger partial charge in [-0.05, 0) is 0 Å². The molecule has 0 spiro atoms. The molecule has 12 heavy (non-hydrogen) atoms. The average Bonchev–Trinajstić information content (AvgIpc) is 2.01. The highest BCUT2D eigenvalue weighted by atomic mass is 35.5. The number of aromatic nitrogens is 2. The Hall–Kier alpha value is -1.07. The Morgan fingerprint density at radius 3 is 2.92 bits per heavy atom. The summed E-state index contributed by atoms with van der Waals surface area (Å²) in [6.07, 6.45) is 0.